The molecular weight excluding hydrogens is 394 g/mol. The zero-order valence-electron chi connectivity index (χ0n) is 17.0. The van der Waals surface area contributed by atoms with Gasteiger partial charge < -0.3 is 10.1 Å². The van der Waals surface area contributed by atoms with E-state index >= 15 is 0 Å². The molecule has 1 aliphatic rings. The van der Waals surface area contributed by atoms with Crippen LogP contribution in [0.2, 0.25) is 0 Å². The van der Waals surface area contributed by atoms with Crippen molar-refractivity contribution in [1.82, 2.24) is 15.6 Å². The van der Waals surface area contributed by atoms with Gasteiger partial charge in [0.1, 0.15) is 0 Å². The van der Waals surface area contributed by atoms with Gasteiger partial charge in [0.15, 0.2) is 6.61 Å². The second kappa shape index (κ2) is 9.38. The number of pyridine rings is 1. The van der Waals surface area contributed by atoms with Gasteiger partial charge in [-0.15, -0.1) is 0 Å². The first-order chi connectivity index (χ1) is 15.1. The normalized spacial score (nSPS) is 13.7. The minimum Gasteiger partial charge on any atom is -0.452 e. The van der Waals surface area contributed by atoms with E-state index < -0.39 is 24.5 Å². The first kappa shape index (κ1) is 20.5. The number of hydrogen-bond acceptors (Lipinski definition) is 5. The van der Waals surface area contributed by atoms with Crippen molar-refractivity contribution in [2.24, 2.45) is 0 Å². The molecule has 31 heavy (non-hydrogen) atoms. The number of nitrogens with zero attached hydrogens (tertiary/aromatic N) is 1. The maximum Gasteiger partial charge on any atom is 0.339 e. The number of benzene rings is 2. The molecule has 4 rings (SSSR count). The lowest BCUT2D eigenvalue weighted by Crippen LogP contribution is -2.45. The Bertz CT molecular complexity index is 1110. The summed E-state index contributed by atoms with van der Waals surface area (Å²) in [5.74, 6) is -1.33. The van der Waals surface area contributed by atoms with Crippen LogP contribution in [0.1, 0.15) is 36.0 Å². The summed E-state index contributed by atoms with van der Waals surface area (Å²) < 4.78 is 5.20. The van der Waals surface area contributed by atoms with Crippen LogP contribution in [0.3, 0.4) is 0 Å². The number of rotatable bonds is 5. The van der Waals surface area contributed by atoms with Gasteiger partial charge in [0.05, 0.1) is 16.8 Å². The molecule has 0 atom stereocenters. The highest BCUT2D eigenvalue weighted by Crippen LogP contribution is 2.25. The molecule has 3 amide bonds. The van der Waals surface area contributed by atoms with Crippen molar-refractivity contribution in [2.45, 2.75) is 31.7 Å². The van der Waals surface area contributed by atoms with Crippen molar-refractivity contribution in [3.8, 4) is 11.3 Å². The van der Waals surface area contributed by atoms with E-state index in [1.165, 1.54) is 0 Å². The molecule has 2 N–H and O–H groups in total. The highest BCUT2D eigenvalue weighted by molar-refractivity contribution is 6.05. The molecule has 2 aromatic carbocycles. The molecule has 1 aromatic heterocycles. The topological polar surface area (TPSA) is 97.4 Å². The van der Waals surface area contributed by atoms with Gasteiger partial charge in [0.25, 0.3) is 5.91 Å². The fourth-order valence-electron chi connectivity index (χ4n) is 3.76. The van der Waals surface area contributed by atoms with Crippen molar-refractivity contribution < 1.29 is 19.1 Å². The fourth-order valence-corrected chi connectivity index (χ4v) is 3.76. The van der Waals surface area contributed by atoms with Crippen LogP contribution >= 0.6 is 0 Å². The summed E-state index contributed by atoms with van der Waals surface area (Å²) >= 11 is 0. The first-order valence-electron chi connectivity index (χ1n) is 10.3. The Morgan fingerprint density at radius 2 is 1.68 bits per heavy atom. The number of esters is 1. The SMILES string of the molecule is O=C(COC(=O)c1cc(-c2ccccc2)nc2ccccc12)NC(=O)NC1CCCC1. The molecule has 0 aliphatic heterocycles. The van der Waals surface area contributed by atoms with Gasteiger partial charge in [-0.1, -0.05) is 61.4 Å². The molecule has 0 saturated heterocycles. The predicted molar refractivity (Wildman–Crippen MR) is 116 cm³/mol. The number of para-hydroxylation sites is 1. The Kier molecular flexibility index (Phi) is 6.21. The third-order valence-corrected chi connectivity index (χ3v) is 5.28. The smallest absolute Gasteiger partial charge is 0.339 e. The third kappa shape index (κ3) is 5.06. The Hall–Kier alpha value is -3.74. The fraction of sp³-hybridized carbons (Fsp3) is 0.250. The number of imide groups is 1. The van der Waals surface area contributed by atoms with E-state index in [0.717, 1.165) is 31.2 Å². The first-order valence-corrected chi connectivity index (χ1v) is 10.3. The Morgan fingerprint density at radius 3 is 2.45 bits per heavy atom. The number of aromatic nitrogens is 1. The van der Waals surface area contributed by atoms with Crippen LogP contribution in [-0.2, 0) is 9.53 Å². The highest BCUT2D eigenvalue weighted by Gasteiger charge is 2.20. The van der Waals surface area contributed by atoms with E-state index in [4.69, 9.17) is 4.74 Å². The van der Waals surface area contributed by atoms with Crippen molar-refractivity contribution in [2.75, 3.05) is 6.61 Å². The zero-order chi connectivity index (χ0) is 21.6. The van der Waals surface area contributed by atoms with Gasteiger partial charge in [-0.25, -0.2) is 14.6 Å². The number of carbonyl (C=O) groups excluding carboxylic acids is 3. The highest BCUT2D eigenvalue weighted by atomic mass is 16.5. The number of fused-ring (bicyclic) bond motifs is 1. The molecule has 3 aromatic rings. The number of amides is 3. The van der Waals surface area contributed by atoms with Crippen LogP contribution in [0.4, 0.5) is 4.79 Å². The van der Waals surface area contributed by atoms with Gasteiger partial charge in [-0.2, -0.15) is 0 Å². The molecule has 1 saturated carbocycles. The van der Waals surface area contributed by atoms with E-state index in [9.17, 15) is 14.4 Å². The molecule has 7 nitrogen and oxygen atoms in total. The van der Waals surface area contributed by atoms with E-state index in [1.807, 2.05) is 48.5 Å². The number of urea groups is 1. The lowest BCUT2D eigenvalue weighted by atomic mass is 10.0. The van der Waals surface area contributed by atoms with Gasteiger partial charge in [-0.05, 0) is 25.0 Å². The monoisotopic (exact) mass is 417 g/mol. The van der Waals surface area contributed by atoms with Crippen LogP contribution in [0, 0.1) is 0 Å². The zero-order valence-corrected chi connectivity index (χ0v) is 17.0. The van der Waals surface area contributed by atoms with Crippen molar-refractivity contribution in [3.63, 3.8) is 0 Å². The van der Waals surface area contributed by atoms with Crippen LogP contribution in [0.15, 0.2) is 60.7 Å². The van der Waals surface area contributed by atoms with Crippen molar-refractivity contribution >= 4 is 28.8 Å². The summed E-state index contributed by atoms with van der Waals surface area (Å²) in [6.45, 7) is -0.547. The second-order valence-corrected chi connectivity index (χ2v) is 7.52. The molecule has 0 spiro atoms. The summed E-state index contributed by atoms with van der Waals surface area (Å²) in [6.07, 6.45) is 3.97. The van der Waals surface area contributed by atoms with Crippen molar-refractivity contribution in [1.29, 1.82) is 0 Å². The number of nitrogens with one attached hydrogen (secondary N) is 2. The van der Waals surface area contributed by atoms with Gasteiger partial charge in [0.2, 0.25) is 0 Å². The second-order valence-electron chi connectivity index (χ2n) is 7.52. The van der Waals surface area contributed by atoms with Gasteiger partial charge >= 0.3 is 12.0 Å². The van der Waals surface area contributed by atoms with Crippen LogP contribution < -0.4 is 10.6 Å². The number of carbonyl (C=O) groups is 3. The summed E-state index contributed by atoms with van der Waals surface area (Å²) in [6, 6.07) is 17.9. The van der Waals surface area contributed by atoms with Crippen LogP contribution in [0.25, 0.3) is 22.2 Å². The molecule has 0 radical (unpaired) electrons. The van der Waals surface area contributed by atoms with E-state index in [0.29, 0.717) is 22.2 Å². The van der Waals surface area contributed by atoms with E-state index in [-0.39, 0.29) is 6.04 Å². The quantitative estimate of drug-likeness (QED) is 0.615. The van der Waals surface area contributed by atoms with E-state index in [2.05, 4.69) is 15.6 Å². The van der Waals surface area contributed by atoms with E-state index in [1.54, 1.807) is 12.1 Å². The maximum absolute atomic E-state index is 12.8. The lowest BCUT2D eigenvalue weighted by Gasteiger charge is -2.13. The van der Waals surface area contributed by atoms with Gasteiger partial charge in [0, 0.05) is 17.0 Å². The molecule has 1 aliphatic carbocycles. The van der Waals surface area contributed by atoms with Crippen LogP contribution in [-0.4, -0.2) is 35.5 Å². The average Bonchev–Trinajstić information content (AvgIpc) is 3.30. The van der Waals surface area contributed by atoms with Crippen LogP contribution in [0.5, 0.6) is 0 Å². The minimum atomic E-state index is -0.675. The summed E-state index contributed by atoms with van der Waals surface area (Å²) in [7, 11) is 0. The Labute approximate surface area is 179 Å². The largest absolute Gasteiger partial charge is 0.452 e. The maximum atomic E-state index is 12.8. The number of hydrogen-bond donors (Lipinski definition) is 2. The van der Waals surface area contributed by atoms with Gasteiger partial charge in [-0.3, -0.25) is 10.1 Å². The molecule has 158 valence electrons. The molecular formula is C24H23N3O4. The average molecular weight is 417 g/mol. The molecule has 7 heteroatoms. The lowest BCUT2D eigenvalue weighted by molar-refractivity contribution is -0.123. The standard InChI is InChI=1S/C24H23N3O4/c28-22(27-24(30)25-17-10-4-5-11-17)15-31-23(29)19-14-21(16-8-2-1-3-9-16)26-20-13-7-6-12-18(19)20/h1-3,6-9,12-14,17H,4-5,10-11,15H2,(H2,25,27,28,30). The molecule has 1 heterocycles. The number of ether oxygens (including phenoxy) is 1. The molecule has 1 fully saturated rings. The summed E-state index contributed by atoms with van der Waals surface area (Å²) in [4.78, 5) is 41.4. The molecule has 0 bridgehead atoms. The predicted octanol–water partition coefficient (Wildman–Crippen LogP) is 3.83. The summed E-state index contributed by atoms with van der Waals surface area (Å²) in [5.41, 5.74) is 2.46. The van der Waals surface area contributed by atoms with Crippen molar-refractivity contribution in [3.05, 3.63) is 66.2 Å². The Balaban J connectivity index is 1.45. The third-order valence-electron chi connectivity index (χ3n) is 5.28. The Morgan fingerprint density at radius 1 is 0.968 bits per heavy atom. The molecule has 0 unspecified atom stereocenters. The summed E-state index contributed by atoms with van der Waals surface area (Å²) in [5, 5.41) is 5.60. The minimum absolute atomic E-state index is 0.0925.